The Balaban J connectivity index is 1.80. The van der Waals surface area contributed by atoms with Crippen molar-refractivity contribution in [2.45, 2.75) is 63.6 Å². The van der Waals surface area contributed by atoms with Gasteiger partial charge in [0, 0.05) is 19.6 Å². The van der Waals surface area contributed by atoms with Gasteiger partial charge >= 0.3 is 0 Å². The fourth-order valence-electron chi connectivity index (χ4n) is 3.79. The molecule has 2 aliphatic heterocycles. The minimum absolute atomic E-state index is 0.0783. The lowest BCUT2D eigenvalue weighted by molar-refractivity contribution is -0.181. The van der Waals surface area contributed by atoms with Crippen molar-refractivity contribution in [3.8, 4) is 11.5 Å². The highest BCUT2D eigenvalue weighted by Gasteiger charge is 2.33. The topological polar surface area (TPSA) is 46.2 Å². The van der Waals surface area contributed by atoms with Crippen LogP contribution in [0.3, 0.4) is 0 Å². The Kier molecular flexibility index (Phi) is 5.64. The third-order valence-electron chi connectivity index (χ3n) is 4.96. The molecule has 1 aromatic rings. The number of hydrogen-bond donors (Lipinski definition) is 0. The van der Waals surface area contributed by atoms with E-state index < -0.39 is 6.29 Å². The molecule has 0 aliphatic carbocycles. The van der Waals surface area contributed by atoms with Crippen LogP contribution in [0.1, 0.15) is 50.0 Å². The van der Waals surface area contributed by atoms with Crippen LogP contribution in [0.4, 0.5) is 0 Å². The van der Waals surface area contributed by atoms with Gasteiger partial charge in [-0.05, 0) is 44.2 Å². The lowest BCUT2D eigenvalue weighted by Gasteiger charge is -2.36. The summed E-state index contributed by atoms with van der Waals surface area (Å²) >= 11 is 0. The first-order valence-electron chi connectivity index (χ1n) is 8.73. The molecule has 5 nitrogen and oxygen atoms in total. The van der Waals surface area contributed by atoms with Gasteiger partial charge in [0.05, 0.1) is 38.1 Å². The van der Waals surface area contributed by atoms with Crippen LogP contribution in [-0.2, 0) is 20.6 Å². The van der Waals surface area contributed by atoms with Gasteiger partial charge in [0.15, 0.2) is 6.29 Å². The van der Waals surface area contributed by atoms with Gasteiger partial charge in [0.2, 0.25) is 0 Å². The Labute approximate surface area is 144 Å². The number of ether oxygens (including phenoxy) is 5. The molecule has 2 heterocycles. The largest absolute Gasteiger partial charge is 0.497 e. The van der Waals surface area contributed by atoms with E-state index in [-0.39, 0.29) is 12.2 Å². The first-order chi connectivity index (χ1) is 11.6. The van der Waals surface area contributed by atoms with Crippen LogP contribution in [0.5, 0.6) is 11.5 Å². The maximum atomic E-state index is 6.19. The van der Waals surface area contributed by atoms with E-state index in [1.807, 2.05) is 6.07 Å². The Morgan fingerprint density at radius 3 is 2.54 bits per heavy atom. The van der Waals surface area contributed by atoms with Crippen molar-refractivity contribution < 1.29 is 23.7 Å². The summed E-state index contributed by atoms with van der Waals surface area (Å²) in [6.07, 6.45) is 5.47. The fourth-order valence-corrected chi connectivity index (χ4v) is 3.79. The average molecular weight is 336 g/mol. The quantitative estimate of drug-likeness (QED) is 0.821. The second kappa shape index (κ2) is 7.72. The zero-order chi connectivity index (χ0) is 17.1. The highest BCUT2D eigenvalue weighted by Crippen LogP contribution is 2.41. The molecule has 0 bridgehead atoms. The van der Waals surface area contributed by atoms with E-state index in [2.05, 4.69) is 13.0 Å². The average Bonchev–Trinajstić information content (AvgIpc) is 2.59. The number of methoxy groups -OCH3 is 3. The predicted octanol–water partition coefficient (Wildman–Crippen LogP) is 3.64. The standard InChI is InChI=1S/C19H28O5/c1-12-6-5-7-14(23-12)10-16-9-13-8-15(20-2)11-17(21-3)18(13)19(22-4)24-16/h8,11-12,14,16,19H,5-7,9-10H2,1-4H3/t12-,14+,16+,19+/m0/s1. The molecule has 0 radical (unpaired) electrons. The van der Waals surface area contributed by atoms with Crippen LogP contribution in [0.25, 0.3) is 0 Å². The SMILES string of the molecule is COc1cc2c(c(OC)c1)[C@H](OC)O[C@@H](C[C@H]1CCC[C@H](C)O1)C2. The third-order valence-corrected chi connectivity index (χ3v) is 4.96. The highest BCUT2D eigenvalue weighted by atomic mass is 16.7. The van der Waals surface area contributed by atoms with Gasteiger partial charge in [-0.15, -0.1) is 0 Å². The summed E-state index contributed by atoms with van der Waals surface area (Å²) in [5.41, 5.74) is 2.13. The van der Waals surface area contributed by atoms with E-state index in [1.54, 1.807) is 21.3 Å². The summed E-state index contributed by atoms with van der Waals surface area (Å²) in [7, 11) is 4.99. The van der Waals surface area contributed by atoms with E-state index in [1.165, 1.54) is 6.42 Å². The molecule has 0 aromatic heterocycles. The lowest BCUT2D eigenvalue weighted by atomic mass is 9.92. The fraction of sp³-hybridized carbons (Fsp3) is 0.684. The van der Waals surface area contributed by atoms with E-state index in [4.69, 9.17) is 23.7 Å². The Bertz CT molecular complexity index is 559. The second-order valence-electron chi connectivity index (χ2n) is 6.67. The highest BCUT2D eigenvalue weighted by molar-refractivity contribution is 5.48. The Hall–Kier alpha value is -1.30. The number of fused-ring (bicyclic) bond motifs is 1. The summed E-state index contributed by atoms with van der Waals surface area (Å²) in [6.45, 7) is 2.15. The van der Waals surface area contributed by atoms with E-state index in [0.717, 1.165) is 48.3 Å². The molecule has 1 fully saturated rings. The zero-order valence-electron chi connectivity index (χ0n) is 15.0. The maximum Gasteiger partial charge on any atom is 0.187 e. The second-order valence-corrected chi connectivity index (χ2v) is 6.67. The molecule has 2 aliphatic rings. The van der Waals surface area contributed by atoms with Crippen molar-refractivity contribution in [1.82, 2.24) is 0 Å². The normalized spacial score (nSPS) is 29.8. The molecular weight excluding hydrogens is 308 g/mol. The van der Waals surface area contributed by atoms with Crippen molar-refractivity contribution in [1.29, 1.82) is 0 Å². The lowest BCUT2D eigenvalue weighted by Crippen LogP contribution is -2.34. The van der Waals surface area contributed by atoms with E-state index >= 15 is 0 Å². The molecule has 0 spiro atoms. The summed E-state index contributed by atoms with van der Waals surface area (Å²) in [6, 6.07) is 3.93. The zero-order valence-corrected chi connectivity index (χ0v) is 15.0. The monoisotopic (exact) mass is 336 g/mol. The summed E-state index contributed by atoms with van der Waals surface area (Å²) in [5.74, 6) is 1.54. The van der Waals surface area contributed by atoms with Crippen LogP contribution >= 0.6 is 0 Å². The Morgan fingerprint density at radius 2 is 1.88 bits per heavy atom. The molecule has 0 amide bonds. The van der Waals surface area contributed by atoms with Gasteiger partial charge < -0.3 is 23.7 Å². The molecule has 1 saturated heterocycles. The molecule has 0 N–H and O–H groups in total. The van der Waals surface area contributed by atoms with Gasteiger partial charge in [-0.2, -0.15) is 0 Å². The van der Waals surface area contributed by atoms with Gasteiger partial charge in [-0.25, -0.2) is 0 Å². The van der Waals surface area contributed by atoms with Crippen LogP contribution < -0.4 is 9.47 Å². The summed E-state index contributed by atoms with van der Waals surface area (Å²) < 4.78 is 28.8. The number of rotatable bonds is 5. The van der Waals surface area contributed by atoms with Crippen molar-refractivity contribution in [3.05, 3.63) is 23.3 Å². The van der Waals surface area contributed by atoms with Crippen molar-refractivity contribution >= 4 is 0 Å². The van der Waals surface area contributed by atoms with Crippen LogP contribution in [0.2, 0.25) is 0 Å². The third kappa shape index (κ3) is 3.68. The molecule has 4 atom stereocenters. The predicted molar refractivity (Wildman–Crippen MR) is 90.7 cm³/mol. The van der Waals surface area contributed by atoms with Gasteiger partial charge in [0.1, 0.15) is 11.5 Å². The Morgan fingerprint density at radius 1 is 1.04 bits per heavy atom. The number of benzene rings is 1. The molecule has 0 unspecified atom stereocenters. The molecule has 134 valence electrons. The van der Waals surface area contributed by atoms with Crippen molar-refractivity contribution in [2.75, 3.05) is 21.3 Å². The summed E-state index contributed by atoms with van der Waals surface area (Å²) in [5, 5.41) is 0. The molecule has 1 aromatic carbocycles. The first kappa shape index (κ1) is 17.5. The smallest absolute Gasteiger partial charge is 0.187 e. The molecule has 3 rings (SSSR count). The van der Waals surface area contributed by atoms with Gasteiger partial charge in [0.25, 0.3) is 0 Å². The minimum atomic E-state index is -0.416. The van der Waals surface area contributed by atoms with Crippen molar-refractivity contribution in [3.63, 3.8) is 0 Å². The van der Waals surface area contributed by atoms with Gasteiger partial charge in [-0.3, -0.25) is 0 Å². The molecule has 0 saturated carbocycles. The van der Waals surface area contributed by atoms with Crippen LogP contribution in [-0.4, -0.2) is 39.6 Å². The van der Waals surface area contributed by atoms with E-state index in [0.29, 0.717) is 6.10 Å². The molecule has 5 heteroatoms. The molecule has 24 heavy (non-hydrogen) atoms. The summed E-state index contributed by atoms with van der Waals surface area (Å²) in [4.78, 5) is 0. The van der Waals surface area contributed by atoms with Crippen molar-refractivity contribution in [2.24, 2.45) is 0 Å². The van der Waals surface area contributed by atoms with E-state index in [9.17, 15) is 0 Å². The van der Waals surface area contributed by atoms with Crippen LogP contribution in [0.15, 0.2) is 12.1 Å². The van der Waals surface area contributed by atoms with Crippen LogP contribution in [0, 0.1) is 0 Å². The number of hydrogen-bond acceptors (Lipinski definition) is 5. The maximum absolute atomic E-state index is 6.19. The minimum Gasteiger partial charge on any atom is -0.497 e. The van der Waals surface area contributed by atoms with Gasteiger partial charge in [-0.1, -0.05) is 0 Å². The first-order valence-corrected chi connectivity index (χ1v) is 8.73. The molecular formula is C19H28O5.